The molecule has 1 saturated carbocycles. The molecule has 1 amide bonds. The second kappa shape index (κ2) is 5.42. The number of aryl methyl sites for hydroxylation is 1. The highest BCUT2D eigenvalue weighted by molar-refractivity contribution is 5.92. The molecule has 0 saturated heterocycles. The third-order valence-corrected chi connectivity index (χ3v) is 3.73. The van der Waals surface area contributed by atoms with Crippen LogP contribution < -0.4 is 17.0 Å². The molecule has 0 radical (unpaired) electrons. The van der Waals surface area contributed by atoms with Gasteiger partial charge in [0.15, 0.2) is 0 Å². The summed E-state index contributed by atoms with van der Waals surface area (Å²) >= 11 is 0. The number of carbonyl (C=O) groups excluding carboxylic acids is 1. The Hall–Kier alpha value is -1.85. The van der Waals surface area contributed by atoms with Gasteiger partial charge in [-0.15, -0.1) is 0 Å². The first kappa shape index (κ1) is 13.6. The molecule has 1 aromatic rings. The lowest BCUT2D eigenvalue weighted by Crippen LogP contribution is -2.45. The quantitative estimate of drug-likeness (QED) is 0.869. The fourth-order valence-corrected chi connectivity index (χ4v) is 2.68. The molecule has 0 aromatic carbocycles. The summed E-state index contributed by atoms with van der Waals surface area (Å²) in [6.07, 6.45) is 6.02. The Bertz CT molecular complexity index is 594. The van der Waals surface area contributed by atoms with Gasteiger partial charge in [0.25, 0.3) is 11.5 Å². The van der Waals surface area contributed by atoms with Gasteiger partial charge in [-0.1, -0.05) is 19.3 Å². The Balaban J connectivity index is 2.63. The summed E-state index contributed by atoms with van der Waals surface area (Å²) in [6, 6.07) is -0.106. The maximum Gasteiger partial charge on any atom is 0.331 e. The number of carbonyl (C=O) groups is 1. The van der Waals surface area contributed by atoms with E-state index >= 15 is 0 Å². The van der Waals surface area contributed by atoms with E-state index < -0.39 is 11.5 Å². The van der Waals surface area contributed by atoms with Gasteiger partial charge in [-0.25, -0.2) is 4.79 Å². The van der Waals surface area contributed by atoms with Crippen LogP contribution in [0.15, 0.2) is 15.8 Å². The summed E-state index contributed by atoms with van der Waals surface area (Å²) in [5.41, 5.74) is 4.22. The molecule has 1 aromatic heterocycles. The molecule has 1 fully saturated rings. The van der Waals surface area contributed by atoms with Crippen molar-refractivity contribution < 1.29 is 4.79 Å². The van der Waals surface area contributed by atoms with Gasteiger partial charge in [0, 0.05) is 18.8 Å². The number of hydrogen-bond acceptors (Lipinski definition) is 3. The van der Waals surface area contributed by atoms with Crippen LogP contribution in [0.5, 0.6) is 0 Å². The molecule has 104 valence electrons. The third-order valence-electron chi connectivity index (χ3n) is 3.73. The van der Waals surface area contributed by atoms with Crippen molar-refractivity contribution in [2.24, 2.45) is 5.73 Å². The van der Waals surface area contributed by atoms with Gasteiger partial charge in [0.1, 0.15) is 5.56 Å². The molecule has 0 atom stereocenters. The molecule has 1 aliphatic rings. The van der Waals surface area contributed by atoms with E-state index in [1.54, 1.807) is 6.92 Å². The number of nitrogens with two attached hydrogens (primary N) is 1. The van der Waals surface area contributed by atoms with Crippen LogP contribution in [0.3, 0.4) is 0 Å². The highest BCUT2D eigenvalue weighted by Gasteiger charge is 2.22. The molecule has 6 heteroatoms. The van der Waals surface area contributed by atoms with Crippen LogP contribution in [0.25, 0.3) is 0 Å². The van der Waals surface area contributed by atoms with Crippen LogP contribution in [-0.2, 0) is 6.54 Å². The van der Waals surface area contributed by atoms with Crippen molar-refractivity contribution in [1.29, 1.82) is 0 Å². The lowest BCUT2D eigenvalue weighted by molar-refractivity contribution is 0.0996. The van der Waals surface area contributed by atoms with Gasteiger partial charge >= 0.3 is 5.69 Å². The molecule has 0 bridgehead atoms. The van der Waals surface area contributed by atoms with Gasteiger partial charge in [-0.3, -0.25) is 18.7 Å². The van der Waals surface area contributed by atoms with E-state index in [2.05, 4.69) is 0 Å². The highest BCUT2D eigenvalue weighted by atomic mass is 16.2. The standard InChI is InChI=1S/C13H19N3O3/c1-2-15-8-10(11(14)17)12(18)16(13(15)19)9-6-4-3-5-7-9/h8-9H,2-7H2,1H3,(H2,14,17). The number of hydrogen-bond donors (Lipinski definition) is 1. The van der Waals surface area contributed by atoms with E-state index in [0.29, 0.717) is 6.54 Å². The van der Waals surface area contributed by atoms with Crippen LogP contribution in [0.1, 0.15) is 55.4 Å². The summed E-state index contributed by atoms with van der Waals surface area (Å²) in [6.45, 7) is 2.20. The monoisotopic (exact) mass is 265 g/mol. The number of aromatic nitrogens is 2. The fraction of sp³-hybridized carbons (Fsp3) is 0.615. The first-order valence-corrected chi connectivity index (χ1v) is 6.72. The maximum absolute atomic E-state index is 12.3. The summed E-state index contributed by atoms with van der Waals surface area (Å²) in [5, 5.41) is 0. The highest BCUT2D eigenvalue weighted by Crippen LogP contribution is 2.25. The molecule has 1 aliphatic carbocycles. The van der Waals surface area contributed by atoms with E-state index in [9.17, 15) is 14.4 Å². The van der Waals surface area contributed by atoms with Crippen molar-refractivity contribution in [1.82, 2.24) is 9.13 Å². The van der Waals surface area contributed by atoms with E-state index in [1.165, 1.54) is 15.3 Å². The Labute approximate surface area is 110 Å². The predicted octanol–water partition coefficient (Wildman–Crippen LogP) is 0.634. The lowest BCUT2D eigenvalue weighted by atomic mass is 9.95. The minimum absolute atomic E-state index is 0.105. The van der Waals surface area contributed by atoms with Gasteiger partial charge in [0.05, 0.1) is 0 Å². The normalized spacial score (nSPS) is 16.5. The van der Waals surface area contributed by atoms with Gasteiger partial charge in [-0.05, 0) is 19.8 Å². The molecule has 2 rings (SSSR count). The molecule has 19 heavy (non-hydrogen) atoms. The average molecular weight is 265 g/mol. The van der Waals surface area contributed by atoms with Crippen LogP contribution in [-0.4, -0.2) is 15.0 Å². The van der Waals surface area contributed by atoms with Crippen molar-refractivity contribution in [2.45, 2.75) is 51.6 Å². The number of rotatable bonds is 3. The predicted molar refractivity (Wildman–Crippen MR) is 71.3 cm³/mol. The zero-order valence-corrected chi connectivity index (χ0v) is 11.1. The second-order valence-electron chi connectivity index (χ2n) is 4.94. The van der Waals surface area contributed by atoms with E-state index in [1.807, 2.05) is 0 Å². The van der Waals surface area contributed by atoms with Crippen LogP contribution >= 0.6 is 0 Å². The zero-order valence-electron chi connectivity index (χ0n) is 11.1. The third kappa shape index (κ3) is 2.47. The summed E-state index contributed by atoms with van der Waals surface area (Å²) in [5.74, 6) is -0.781. The van der Waals surface area contributed by atoms with Crippen molar-refractivity contribution in [3.63, 3.8) is 0 Å². The minimum Gasteiger partial charge on any atom is -0.365 e. The fourth-order valence-electron chi connectivity index (χ4n) is 2.68. The second-order valence-corrected chi connectivity index (χ2v) is 4.94. The smallest absolute Gasteiger partial charge is 0.331 e. The summed E-state index contributed by atoms with van der Waals surface area (Å²) in [7, 11) is 0. The van der Waals surface area contributed by atoms with Crippen molar-refractivity contribution in [2.75, 3.05) is 0 Å². The number of amides is 1. The van der Waals surface area contributed by atoms with Crippen molar-refractivity contribution in [3.8, 4) is 0 Å². The van der Waals surface area contributed by atoms with Crippen molar-refractivity contribution in [3.05, 3.63) is 32.6 Å². The Morgan fingerprint density at radius 2 is 1.95 bits per heavy atom. The molecular weight excluding hydrogens is 246 g/mol. The van der Waals surface area contributed by atoms with Crippen LogP contribution in [0.2, 0.25) is 0 Å². The first-order valence-electron chi connectivity index (χ1n) is 6.72. The Morgan fingerprint density at radius 1 is 1.32 bits per heavy atom. The van der Waals surface area contributed by atoms with E-state index in [4.69, 9.17) is 5.73 Å². The minimum atomic E-state index is -0.781. The largest absolute Gasteiger partial charge is 0.365 e. The maximum atomic E-state index is 12.3. The van der Waals surface area contributed by atoms with Gasteiger partial charge in [-0.2, -0.15) is 0 Å². The number of nitrogens with zero attached hydrogens (tertiary/aromatic N) is 2. The molecule has 6 nitrogen and oxygen atoms in total. The molecule has 0 unspecified atom stereocenters. The summed E-state index contributed by atoms with van der Waals surface area (Å²) < 4.78 is 2.60. The Kier molecular flexibility index (Phi) is 3.87. The van der Waals surface area contributed by atoms with E-state index in [-0.39, 0.29) is 17.3 Å². The zero-order chi connectivity index (χ0) is 14.0. The molecule has 0 aliphatic heterocycles. The first-order chi connectivity index (χ1) is 9.06. The molecule has 0 spiro atoms. The van der Waals surface area contributed by atoms with Crippen molar-refractivity contribution >= 4 is 5.91 Å². The van der Waals surface area contributed by atoms with Crippen LogP contribution in [0, 0.1) is 0 Å². The molecule has 2 N–H and O–H groups in total. The van der Waals surface area contributed by atoms with Crippen LogP contribution in [0.4, 0.5) is 0 Å². The van der Waals surface area contributed by atoms with E-state index in [0.717, 1.165) is 32.1 Å². The lowest BCUT2D eigenvalue weighted by Gasteiger charge is -2.24. The Morgan fingerprint density at radius 3 is 2.47 bits per heavy atom. The molecular formula is C13H19N3O3. The number of primary amides is 1. The van der Waals surface area contributed by atoms with Gasteiger partial charge in [0.2, 0.25) is 0 Å². The summed E-state index contributed by atoms with van der Waals surface area (Å²) in [4.78, 5) is 35.8. The SMILES string of the molecule is CCn1cc(C(N)=O)c(=O)n(C2CCCCC2)c1=O. The van der Waals surface area contributed by atoms with Gasteiger partial charge < -0.3 is 5.73 Å². The topological polar surface area (TPSA) is 87.1 Å². The average Bonchev–Trinajstić information content (AvgIpc) is 2.40. The molecule has 1 heterocycles.